The molecule has 0 aliphatic heterocycles. The van der Waals surface area contributed by atoms with Crippen molar-refractivity contribution in [3.05, 3.63) is 73.5 Å². The molecule has 0 radical (unpaired) electrons. The summed E-state index contributed by atoms with van der Waals surface area (Å²) < 4.78 is 13.7. The third kappa shape index (κ3) is 3.68. The zero-order chi connectivity index (χ0) is 18.1. The Morgan fingerprint density at radius 1 is 1.28 bits per heavy atom. The van der Waals surface area contributed by atoms with Crippen molar-refractivity contribution in [2.24, 2.45) is 0 Å². The van der Waals surface area contributed by atoms with Gasteiger partial charge in [0.15, 0.2) is 0 Å². The van der Waals surface area contributed by atoms with Gasteiger partial charge >= 0.3 is 0 Å². The predicted molar refractivity (Wildman–Crippen MR) is 98.8 cm³/mol. The topological polar surface area (TPSA) is 57.8 Å². The van der Waals surface area contributed by atoms with Gasteiger partial charge in [0.1, 0.15) is 11.6 Å². The van der Waals surface area contributed by atoms with Gasteiger partial charge in [0.25, 0.3) is 5.56 Å². The molecule has 0 aliphatic rings. The highest BCUT2D eigenvalue weighted by atomic mass is 35.5. The summed E-state index contributed by atoms with van der Waals surface area (Å²) in [6, 6.07) is 7.91. The maximum atomic E-state index is 13.7. The van der Waals surface area contributed by atoms with E-state index in [2.05, 4.69) is 15.3 Å². The quantitative estimate of drug-likeness (QED) is 0.654. The summed E-state index contributed by atoms with van der Waals surface area (Å²) in [7, 11) is 0. The molecule has 4 nitrogen and oxygen atoms in total. The summed E-state index contributed by atoms with van der Waals surface area (Å²) in [4.78, 5) is 19.5. The number of nitrogens with zero attached hydrogens (tertiary/aromatic N) is 1. The van der Waals surface area contributed by atoms with Crippen LogP contribution in [0.3, 0.4) is 0 Å². The lowest BCUT2D eigenvalue weighted by molar-refractivity contribution is 0.552. The van der Waals surface area contributed by atoms with E-state index >= 15 is 0 Å². The Morgan fingerprint density at radius 3 is 2.80 bits per heavy atom. The molecular formula is C18H16Cl2FN3O. The van der Waals surface area contributed by atoms with Crippen LogP contribution in [-0.2, 0) is 6.54 Å². The number of rotatable bonds is 4. The van der Waals surface area contributed by atoms with Crippen LogP contribution in [-0.4, -0.2) is 9.97 Å². The van der Waals surface area contributed by atoms with Gasteiger partial charge in [-0.2, -0.15) is 0 Å². The predicted octanol–water partition coefficient (Wildman–Crippen LogP) is 4.53. The van der Waals surface area contributed by atoms with E-state index in [-0.39, 0.29) is 16.6 Å². The SMILES string of the molecule is Cc1cccc2c(=O)[nH]c(CN[C@@H](C)c3cc(F)c(Cl)cc3Cl)nc12. The van der Waals surface area contributed by atoms with Crippen molar-refractivity contribution in [1.82, 2.24) is 15.3 Å². The highest BCUT2D eigenvalue weighted by Crippen LogP contribution is 2.28. The Kier molecular flexibility index (Phi) is 5.08. The first-order valence-corrected chi connectivity index (χ1v) is 8.48. The highest BCUT2D eigenvalue weighted by molar-refractivity contribution is 6.35. The fourth-order valence-electron chi connectivity index (χ4n) is 2.67. The van der Waals surface area contributed by atoms with Crippen LogP contribution in [0.1, 0.15) is 29.9 Å². The molecule has 1 aromatic heterocycles. The van der Waals surface area contributed by atoms with Gasteiger partial charge in [0.05, 0.1) is 22.5 Å². The smallest absolute Gasteiger partial charge is 0.258 e. The van der Waals surface area contributed by atoms with E-state index in [1.54, 1.807) is 6.07 Å². The van der Waals surface area contributed by atoms with Crippen LogP contribution < -0.4 is 10.9 Å². The minimum Gasteiger partial charge on any atom is -0.309 e. The van der Waals surface area contributed by atoms with Crippen LogP contribution >= 0.6 is 23.2 Å². The van der Waals surface area contributed by atoms with E-state index in [1.165, 1.54) is 12.1 Å². The second kappa shape index (κ2) is 7.12. The monoisotopic (exact) mass is 379 g/mol. The van der Waals surface area contributed by atoms with E-state index in [0.29, 0.717) is 33.9 Å². The van der Waals surface area contributed by atoms with E-state index in [0.717, 1.165) is 5.56 Å². The van der Waals surface area contributed by atoms with E-state index in [4.69, 9.17) is 23.2 Å². The molecule has 25 heavy (non-hydrogen) atoms. The lowest BCUT2D eigenvalue weighted by Crippen LogP contribution is -2.22. The molecule has 1 heterocycles. The van der Waals surface area contributed by atoms with Gasteiger partial charge in [-0.25, -0.2) is 9.37 Å². The van der Waals surface area contributed by atoms with Crippen molar-refractivity contribution in [3.8, 4) is 0 Å². The van der Waals surface area contributed by atoms with Crippen molar-refractivity contribution in [2.45, 2.75) is 26.4 Å². The van der Waals surface area contributed by atoms with E-state index in [1.807, 2.05) is 26.0 Å². The number of aromatic amines is 1. The molecule has 2 aromatic carbocycles. The molecule has 0 fully saturated rings. The number of para-hydroxylation sites is 1. The largest absolute Gasteiger partial charge is 0.309 e. The van der Waals surface area contributed by atoms with Crippen molar-refractivity contribution in [2.75, 3.05) is 0 Å². The Hall–Kier alpha value is -1.95. The summed E-state index contributed by atoms with van der Waals surface area (Å²) >= 11 is 11.9. The zero-order valence-electron chi connectivity index (χ0n) is 13.7. The molecule has 0 amide bonds. The first kappa shape index (κ1) is 17.9. The molecule has 0 aliphatic carbocycles. The molecule has 1 atom stereocenters. The molecule has 3 aromatic rings. The van der Waals surface area contributed by atoms with Gasteiger partial charge in [-0.1, -0.05) is 35.3 Å². The molecule has 0 bridgehead atoms. The number of H-pyrrole nitrogens is 1. The molecule has 0 saturated heterocycles. The van der Waals surface area contributed by atoms with Crippen molar-refractivity contribution >= 4 is 34.1 Å². The number of hydrogen-bond donors (Lipinski definition) is 2. The van der Waals surface area contributed by atoms with Gasteiger partial charge < -0.3 is 10.3 Å². The number of benzene rings is 2. The fraction of sp³-hybridized carbons (Fsp3) is 0.222. The third-order valence-electron chi connectivity index (χ3n) is 4.07. The normalized spacial score (nSPS) is 12.5. The summed E-state index contributed by atoms with van der Waals surface area (Å²) in [5.41, 5.74) is 2.00. The number of fused-ring (bicyclic) bond motifs is 1. The second-order valence-electron chi connectivity index (χ2n) is 5.87. The molecular weight excluding hydrogens is 364 g/mol. The van der Waals surface area contributed by atoms with Crippen LogP contribution in [0.15, 0.2) is 35.1 Å². The van der Waals surface area contributed by atoms with E-state index < -0.39 is 5.82 Å². The number of aromatic nitrogens is 2. The summed E-state index contributed by atoms with van der Waals surface area (Å²) in [5, 5.41) is 4.10. The Labute approximate surface area is 154 Å². The first-order chi connectivity index (χ1) is 11.9. The zero-order valence-corrected chi connectivity index (χ0v) is 15.2. The Balaban J connectivity index is 1.84. The standard InChI is InChI=1S/C18H16Cl2FN3O/c1-9-4-3-5-11-17(9)23-16(24-18(11)25)8-22-10(2)12-6-15(21)14(20)7-13(12)19/h3-7,10,22H,8H2,1-2H3,(H,23,24,25)/t10-/m0/s1. The molecule has 2 N–H and O–H groups in total. The lowest BCUT2D eigenvalue weighted by atomic mass is 10.1. The molecule has 0 unspecified atom stereocenters. The van der Waals surface area contributed by atoms with Crippen LogP contribution in [0.4, 0.5) is 4.39 Å². The lowest BCUT2D eigenvalue weighted by Gasteiger charge is -2.16. The molecule has 0 saturated carbocycles. The number of hydrogen-bond acceptors (Lipinski definition) is 3. The number of halogens is 3. The van der Waals surface area contributed by atoms with Gasteiger partial charge in [0.2, 0.25) is 0 Å². The highest BCUT2D eigenvalue weighted by Gasteiger charge is 2.14. The first-order valence-electron chi connectivity index (χ1n) is 7.73. The maximum Gasteiger partial charge on any atom is 0.258 e. The van der Waals surface area contributed by atoms with Gasteiger partial charge in [-0.3, -0.25) is 4.79 Å². The average Bonchev–Trinajstić information content (AvgIpc) is 2.57. The molecule has 7 heteroatoms. The van der Waals surface area contributed by atoms with Gasteiger partial charge in [-0.05, 0) is 43.2 Å². The summed E-state index contributed by atoms with van der Waals surface area (Å²) in [6.45, 7) is 4.06. The minimum atomic E-state index is -0.525. The van der Waals surface area contributed by atoms with Crippen LogP contribution in [0.5, 0.6) is 0 Å². The number of nitrogens with one attached hydrogen (secondary N) is 2. The minimum absolute atomic E-state index is 0.0167. The van der Waals surface area contributed by atoms with Crippen molar-refractivity contribution in [1.29, 1.82) is 0 Å². The Morgan fingerprint density at radius 2 is 2.04 bits per heavy atom. The fourth-order valence-corrected chi connectivity index (χ4v) is 3.21. The third-order valence-corrected chi connectivity index (χ3v) is 4.69. The van der Waals surface area contributed by atoms with Crippen LogP contribution in [0, 0.1) is 12.7 Å². The molecule has 130 valence electrons. The average molecular weight is 380 g/mol. The van der Waals surface area contributed by atoms with E-state index in [9.17, 15) is 9.18 Å². The van der Waals surface area contributed by atoms with Gasteiger partial charge in [-0.15, -0.1) is 0 Å². The second-order valence-corrected chi connectivity index (χ2v) is 6.69. The van der Waals surface area contributed by atoms with Gasteiger partial charge in [0, 0.05) is 11.1 Å². The maximum absolute atomic E-state index is 13.7. The number of aryl methyl sites for hydroxylation is 1. The van der Waals surface area contributed by atoms with Crippen molar-refractivity contribution < 1.29 is 4.39 Å². The summed E-state index contributed by atoms with van der Waals surface area (Å²) in [5.74, 6) is -0.0215. The molecule has 3 rings (SSSR count). The van der Waals surface area contributed by atoms with Crippen LogP contribution in [0.2, 0.25) is 10.0 Å². The summed E-state index contributed by atoms with van der Waals surface area (Å²) in [6.07, 6.45) is 0. The van der Waals surface area contributed by atoms with Crippen molar-refractivity contribution in [3.63, 3.8) is 0 Å². The van der Waals surface area contributed by atoms with Crippen LogP contribution in [0.25, 0.3) is 10.9 Å². The molecule has 0 spiro atoms. The Bertz CT molecular complexity index is 1000.